The molecule has 1 N–H and O–H groups in total. The first kappa shape index (κ1) is 16.5. The summed E-state index contributed by atoms with van der Waals surface area (Å²) in [5.74, 6) is 0.311. The Kier molecular flexibility index (Phi) is 3.74. The smallest absolute Gasteiger partial charge is 0.325 e. The zero-order valence-corrected chi connectivity index (χ0v) is 14.2. The Bertz CT molecular complexity index is 1050. The van der Waals surface area contributed by atoms with Crippen molar-refractivity contribution < 1.29 is 18.5 Å². The van der Waals surface area contributed by atoms with Crippen LogP contribution in [0.25, 0.3) is 11.6 Å². The van der Waals surface area contributed by atoms with Gasteiger partial charge in [-0.3, -0.25) is 9.69 Å². The molecule has 1 unspecified atom stereocenters. The Morgan fingerprint density at radius 3 is 2.70 bits per heavy atom. The lowest BCUT2D eigenvalue weighted by Crippen LogP contribution is -2.40. The summed E-state index contributed by atoms with van der Waals surface area (Å²) in [5, 5.41) is 15.4. The maximum Gasteiger partial charge on any atom is 0.325 e. The van der Waals surface area contributed by atoms with Gasteiger partial charge in [0.1, 0.15) is 12.1 Å². The number of carbonyl (C=O) groups is 2. The lowest BCUT2D eigenvalue weighted by Gasteiger charge is -2.21. The predicted molar refractivity (Wildman–Crippen MR) is 89.6 cm³/mol. The quantitative estimate of drug-likeness (QED) is 0.704. The number of carbonyl (C=O) groups excluding carboxylic acids is 2. The average Bonchev–Trinajstić information content (AvgIpc) is 3.40. The first-order valence-electron chi connectivity index (χ1n) is 8.02. The highest BCUT2D eigenvalue weighted by Crippen LogP contribution is 2.30. The molecule has 3 amide bonds. The molecule has 9 nitrogen and oxygen atoms in total. The molecule has 0 saturated carbocycles. The van der Waals surface area contributed by atoms with E-state index >= 15 is 0 Å². The molecule has 0 aliphatic carbocycles. The summed E-state index contributed by atoms with van der Waals surface area (Å²) in [7, 11) is 0. The van der Waals surface area contributed by atoms with Gasteiger partial charge in [0, 0.05) is 0 Å². The SMILES string of the molecule is CC1(c2ccc(C#N)cc2)NC(=O)N(Cc2nc(-c3ccco3)no2)C1=O. The first-order chi connectivity index (χ1) is 13.0. The standard InChI is InChI=1S/C18H13N5O4/c1-18(12-6-4-11(9-19)5-7-12)16(24)23(17(25)21-18)10-14-20-15(22-27-14)13-3-2-8-26-13/h2-8H,10H2,1H3,(H,21,25). The van der Waals surface area contributed by atoms with E-state index in [2.05, 4.69) is 15.5 Å². The molecule has 2 aromatic heterocycles. The second-order valence-electron chi connectivity index (χ2n) is 6.12. The topological polar surface area (TPSA) is 125 Å². The molecule has 0 spiro atoms. The van der Waals surface area contributed by atoms with E-state index in [0.717, 1.165) is 4.90 Å². The number of rotatable bonds is 4. The number of nitriles is 1. The molecule has 134 valence electrons. The molecule has 1 aromatic carbocycles. The third-order valence-electron chi connectivity index (χ3n) is 4.37. The van der Waals surface area contributed by atoms with Crippen molar-refractivity contribution >= 4 is 11.9 Å². The minimum atomic E-state index is -1.24. The minimum absolute atomic E-state index is 0.106. The highest BCUT2D eigenvalue weighted by atomic mass is 16.5. The molecule has 4 rings (SSSR count). The van der Waals surface area contributed by atoms with Crippen molar-refractivity contribution in [1.29, 1.82) is 5.26 Å². The molecular weight excluding hydrogens is 350 g/mol. The number of benzene rings is 1. The van der Waals surface area contributed by atoms with Crippen LogP contribution >= 0.6 is 0 Å². The van der Waals surface area contributed by atoms with Crippen LogP contribution in [0.5, 0.6) is 0 Å². The third-order valence-corrected chi connectivity index (χ3v) is 4.37. The number of imide groups is 1. The Morgan fingerprint density at radius 1 is 1.26 bits per heavy atom. The molecular formula is C18H13N5O4. The van der Waals surface area contributed by atoms with Crippen LogP contribution in [-0.4, -0.2) is 27.0 Å². The normalized spacial score (nSPS) is 19.2. The van der Waals surface area contributed by atoms with Gasteiger partial charge in [0.05, 0.1) is 17.9 Å². The summed E-state index contributed by atoms with van der Waals surface area (Å²) in [4.78, 5) is 30.4. The fourth-order valence-corrected chi connectivity index (χ4v) is 2.87. The lowest BCUT2D eigenvalue weighted by atomic mass is 9.91. The van der Waals surface area contributed by atoms with Gasteiger partial charge in [0.15, 0.2) is 5.76 Å². The summed E-state index contributed by atoms with van der Waals surface area (Å²) in [6, 6.07) is 11.3. The van der Waals surface area contributed by atoms with Gasteiger partial charge < -0.3 is 14.3 Å². The first-order valence-corrected chi connectivity index (χ1v) is 8.02. The van der Waals surface area contributed by atoms with E-state index in [0.29, 0.717) is 16.9 Å². The molecule has 9 heteroatoms. The van der Waals surface area contributed by atoms with Gasteiger partial charge in [0.25, 0.3) is 5.91 Å². The Morgan fingerprint density at radius 2 is 2.04 bits per heavy atom. The second-order valence-corrected chi connectivity index (χ2v) is 6.12. The monoisotopic (exact) mass is 363 g/mol. The van der Waals surface area contributed by atoms with E-state index in [-0.39, 0.29) is 18.3 Å². The van der Waals surface area contributed by atoms with Gasteiger partial charge in [-0.05, 0) is 36.8 Å². The predicted octanol–water partition coefficient (Wildman–Crippen LogP) is 2.17. The molecule has 1 fully saturated rings. The minimum Gasteiger partial charge on any atom is -0.461 e. The van der Waals surface area contributed by atoms with Crippen molar-refractivity contribution in [2.45, 2.75) is 19.0 Å². The van der Waals surface area contributed by atoms with E-state index in [1.807, 2.05) is 6.07 Å². The number of urea groups is 1. The number of hydrogen-bond acceptors (Lipinski definition) is 7. The molecule has 0 bridgehead atoms. The summed E-state index contributed by atoms with van der Waals surface area (Å²) in [6.45, 7) is 1.45. The molecule has 1 atom stereocenters. The highest BCUT2D eigenvalue weighted by Gasteiger charge is 2.49. The van der Waals surface area contributed by atoms with Crippen molar-refractivity contribution in [2.24, 2.45) is 0 Å². The molecule has 1 aliphatic rings. The van der Waals surface area contributed by atoms with Crippen molar-refractivity contribution in [3.8, 4) is 17.7 Å². The van der Waals surface area contributed by atoms with Crippen LogP contribution in [0.15, 0.2) is 51.6 Å². The van der Waals surface area contributed by atoms with E-state index in [4.69, 9.17) is 14.2 Å². The third kappa shape index (κ3) is 2.73. The van der Waals surface area contributed by atoms with Gasteiger partial charge in [-0.25, -0.2) is 4.79 Å². The van der Waals surface area contributed by atoms with E-state index in [1.54, 1.807) is 43.3 Å². The molecule has 3 aromatic rings. The van der Waals surface area contributed by atoms with Gasteiger partial charge in [-0.1, -0.05) is 17.3 Å². The molecule has 1 saturated heterocycles. The summed E-state index contributed by atoms with van der Waals surface area (Å²) >= 11 is 0. The zero-order valence-electron chi connectivity index (χ0n) is 14.2. The van der Waals surface area contributed by atoms with Crippen LogP contribution in [0.4, 0.5) is 4.79 Å². The fraction of sp³-hybridized carbons (Fsp3) is 0.167. The van der Waals surface area contributed by atoms with Crippen molar-refractivity contribution in [2.75, 3.05) is 0 Å². The second kappa shape index (κ2) is 6.10. The molecule has 3 heterocycles. The number of furan rings is 1. The number of nitrogens with zero attached hydrogens (tertiary/aromatic N) is 4. The fourth-order valence-electron chi connectivity index (χ4n) is 2.87. The van der Waals surface area contributed by atoms with Crippen LogP contribution in [0.2, 0.25) is 0 Å². The van der Waals surface area contributed by atoms with Crippen LogP contribution in [0.3, 0.4) is 0 Å². The van der Waals surface area contributed by atoms with Crippen LogP contribution < -0.4 is 5.32 Å². The van der Waals surface area contributed by atoms with Crippen LogP contribution in [-0.2, 0) is 16.9 Å². The summed E-state index contributed by atoms with van der Waals surface area (Å²) in [5.41, 5.74) is -0.203. The number of aromatic nitrogens is 2. The summed E-state index contributed by atoms with van der Waals surface area (Å²) < 4.78 is 10.3. The van der Waals surface area contributed by atoms with Gasteiger partial charge >= 0.3 is 6.03 Å². The average molecular weight is 363 g/mol. The number of hydrogen-bond donors (Lipinski definition) is 1. The Labute approximate surface area is 153 Å². The molecule has 1 aliphatic heterocycles. The number of nitrogens with one attached hydrogen (secondary N) is 1. The van der Waals surface area contributed by atoms with Gasteiger partial charge in [-0.2, -0.15) is 10.2 Å². The largest absolute Gasteiger partial charge is 0.461 e. The van der Waals surface area contributed by atoms with Crippen molar-refractivity contribution in [3.05, 3.63) is 59.7 Å². The summed E-state index contributed by atoms with van der Waals surface area (Å²) in [6.07, 6.45) is 1.48. The molecule has 0 radical (unpaired) electrons. The highest BCUT2D eigenvalue weighted by molar-refractivity contribution is 6.07. The van der Waals surface area contributed by atoms with Crippen LogP contribution in [0.1, 0.15) is 23.9 Å². The van der Waals surface area contributed by atoms with Gasteiger partial charge in [-0.15, -0.1) is 0 Å². The number of amides is 3. The van der Waals surface area contributed by atoms with Crippen molar-refractivity contribution in [3.63, 3.8) is 0 Å². The van der Waals surface area contributed by atoms with E-state index in [1.165, 1.54) is 6.26 Å². The van der Waals surface area contributed by atoms with Crippen molar-refractivity contribution in [1.82, 2.24) is 20.4 Å². The van der Waals surface area contributed by atoms with Crippen LogP contribution in [0, 0.1) is 11.3 Å². The maximum absolute atomic E-state index is 12.9. The Hall–Kier alpha value is -3.93. The molecule has 27 heavy (non-hydrogen) atoms. The van der Waals surface area contributed by atoms with E-state index < -0.39 is 17.5 Å². The lowest BCUT2D eigenvalue weighted by molar-refractivity contribution is -0.131. The van der Waals surface area contributed by atoms with E-state index in [9.17, 15) is 9.59 Å². The van der Waals surface area contributed by atoms with Gasteiger partial charge in [0.2, 0.25) is 11.7 Å². The zero-order chi connectivity index (χ0) is 19.0. The maximum atomic E-state index is 12.9. The Balaban J connectivity index is 1.57.